The van der Waals surface area contributed by atoms with Gasteiger partial charge in [-0.1, -0.05) is 87.1 Å². The summed E-state index contributed by atoms with van der Waals surface area (Å²) in [5.74, 6) is 7.54. The smallest absolute Gasteiger partial charge is 0.119 e. The maximum absolute atomic E-state index is 5.74. The molecule has 0 aliphatic rings. The number of rotatable bonds is 8. The van der Waals surface area contributed by atoms with Gasteiger partial charge in [-0.3, -0.25) is 0 Å². The van der Waals surface area contributed by atoms with Crippen molar-refractivity contribution in [1.82, 2.24) is 0 Å². The van der Waals surface area contributed by atoms with E-state index < -0.39 is 0 Å². The molecule has 0 aromatic heterocycles. The Morgan fingerprint density at radius 3 is 1.97 bits per heavy atom. The molecule has 166 valence electrons. The van der Waals surface area contributed by atoms with Crippen LogP contribution in [0.15, 0.2) is 84.9 Å². The highest BCUT2D eigenvalue weighted by molar-refractivity contribution is 5.85. The predicted molar refractivity (Wildman–Crippen MR) is 141 cm³/mol. The van der Waals surface area contributed by atoms with Crippen molar-refractivity contribution in [3.8, 4) is 28.7 Å². The van der Waals surface area contributed by atoms with Gasteiger partial charge in [0.15, 0.2) is 0 Å². The summed E-state index contributed by atoms with van der Waals surface area (Å²) in [5, 5.41) is 2.36. The molecule has 0 amide bonds. The van der Waals surface area contributed by atoms with Crippen LogP contribution in [0.25, 0.3) is 21.9 Å². The number of aryl methyl sites for hydroxylation is 1. The number of unbranched alkanes of at least 4 members (excludes halogenated alkanes) is 2. The third-order valence-electron chi connectivity index (χ3n) is 5.88. The maximum atomic E-state index is 5.74. The minimum absolute atomic E-state index is 0.748. The van der Waals surface area contributed by atoms with Crippen LogP contribution in [0, 0.1) is 11.8 Å². The molecule has 0 radical (unpaired) electrons. The third-order valence-corrected chi connectivity index (χ3v) is 5.88. The lowest BCUT2D eigenvalue weighted by molar-refractivity contribution is 0.318. The Morgan fingerprint density at radius 2 is 1.24 bits per heavy atom. The summed E-state index contributed by atoms with van der Waals surface area (Å²) in [6.45, 7) is 5.11. The van der Waals surface area contributed by atoms with Gasteiger partial charge in [0.1, 0.15) is 5.75 Å². The molecule has 0 atom stereocenters. The van der Waals surface area contributed by atoms with Gasteiger partial charge >= 0.3 is 0 Å². The number of hydrogen-bond acceptors (Lipinski definition) is 1. The van der Waals surface area contributed by atoms with E-state index in [4.69, 9.17) is 4.74 Å². The Labute approximate surface area is 198 Å². The first kappa shape index (κ1) is 22.7. The summed E-state index contributed by atoms with van der Waals surface area (Å²) in [7, 11) is 0. The van der Waals surface area contributed by atoms with Gasteiger partial charge in [0.05, 0.1) is 6.61 Å². The molecule has 0 spiro atoms. The second kappa shape index (κ2) is 11.4. The summed E-state index contributed by atoms with van der Waals surface area (Å²) in [5.41, 5.74) is 5.96. The normalized spacial score (nSPS) is 10.6. The summed E-state index contributed by atoms with van der Waals surface area (Å²) in [4.78, 5) is 0. The highest BCUT2D eigenvalue weighted by Crippen LogP contribution is 2.23. The van der Waals surface area contributed by atoms with Crippen molar-refractivity contribution in [3.63, 3.8) is 0 Å². The Morgan fingerprint density at radius 1 is 0.606 bits per heavy atom. The second-order valence-corrected chi connectivity index (χ2v) is 8.55. The molecule has 4 aromatic rings. The minimum atomic E-state index is 0.748. The first-order chi connectivity index (χ1) is 16.2. The first-order valence-electron chi connectivity index (χ1n) is 12.1. The van der Waals surface area contributed by atoms with Gasteiger partial charge in [-0.25, -0.2) is 0 Å². The maximum Gasteiger partial charge on any atom is 0.119 e. The summed E-state index contributed by atoms with van der Waals surface area (Å²) in [6, 6.07) is 30.1. The van der Waals surface area contributed by atoms with E-state index in [2.05, 4.69) is 105 Å². The van der Waals surface area contributed by atoms with Gasteiger partial charge in [-0.05, 0) is 83.1 Å². The fourth-order valence-corrected chi connectivity index (χ4v) is 3.94. The van der Waals surface area contributed by atoms with Crippen LogP contribution in [-0.2, 0) is 6.42 Å². The summed E-state index contributed by atoms with van der Waals surface area (Å²) < 4.78 is 5.74. The summed E-state index contributed by atoms with van der Waals surface area (Å²) in [6.07, 6.45) is 6.03. The Bertz CT molecular complexity index is 1240. The highest BCUT2D eigenvalue weighted by atomic mass is 16.5. The lowest BCUT2D eigenvalue weighted by atomic mass is 10.0. The van der Waals surface area contributed by atoms with Gasteiger partial charge in [0.2, 0.25) is 0 Å². The van der Waals surface area contributed by atoms with E-state index in [1.165, 1.54) is 53.1 Å². The summed E-state index contributed by atoms with van der Waals surface area (Å²) >= 11 is 0. The fourth-order valence-electron chi connectivity index (χ4n) is 3.94. The highest BCUT2D eigenvalue weighted by Gasteiger charge is 2.00. The molecule has 1 heteroatoms. The second-order valence-electron chi connectivity index (χ2n) is 8.55. The quantitative estimate of drug-likeness (QED) is 0.200. The van der Waals surface area contributed by atoms with Crippen molar-refractivity contribution in [3.05, 3.63) is 102 Å². The standard InChI is InChI=1S/C32H32O/c1-3-5-6-7-25-10-15-28(16-11-25)29-17-12-26(13-18-29)8-9-27-14-19-31-24-32(33-22-4-2)21-20-30(31)23-27/h10-21,23-24H,3-7,22H2,1-2H3. The van der Waals surface area contributed by atoms with E-state index in [0.717, 1.165) is 29.9 Å². The van der Waals surface area contributed by atoms with E-state index in [-0.39, 0.29) is 0 Å². The van der Waals surface area contributed by atoms with Gasteiger partial charge < -0.3 is 4.74 Å². The van der Waals surface area contributed by atoms with E-state index in [0.29, 0.717) is 0 Å². The molecule has 1 nitrogen and oxygen atoms in total. The minimum Gasteiger partial charge on any atom is -0.494 e. The van der Waals surface area contributed by atoms with Crippen molar-refractivity contribution in [1.29, 1.82) is 0 Å². The average Bonchev–Trinajstić information content (AvgIpc) is 2.87. The average molecular weight is 433 g/mol. The Balaban J connectivity index is 1.43. The van der Waals surface area contributed by atoms with Crippen LogP contribution in [0.4, 0.5) is 0 Å². The number of hydrogen-bond donors (Lipinski definition) is 0. The molecule has 0 heterocycles. The van der Waals surface area contributed by atoms with E-state index in [9.17, 15) is 0 Å². The lowest BCUT2D eigenvalue weighted by Crippen LogP contribution is -1.94. The molecule has 0 N–H and O–H groups in total. The zero-order chi connectivity index (χ0) is 22.9. The lowest BCUT2D eigenvalue weighted by Gasteiger charge is -2.06. The van der Waals surface area contributed by atoms with Crippen LogP contribution in [0.2, 0.25) is 0 Å². The molecular formula is C32H32O. The van der Waals surface area contributed by atoms with Gasteiger partial charge in [0.25, 0.3) is 0 Å². The van der Waals surface area contributed by atoms with Crippen molar-refractivity contribution in [2.45, 2.75) is 46.0 Å². The molecule has 0 aliphatic heterocycles. The predicted octanol–water partition coefficient (Wildman–Crippen LogP) is 8.43. The topological polar surface area (TPSA) is 9.23 Å². The van der Waals surface area contributed by atoms with E-state index in [1.807, 2.05) is 6.07 Å². The number of benzene rings is 4. The van der Waals surface area contributed by atoms with Crippen LogP contribution < -0.4 is 4.74 Å². The van der Waals surface area contributed by atoms with Crippen LogP contribution in [0.5, 0.6) is 5.75 Å². The van der Waals surface area contributed by atoms with Crippen molar-refractivity contribution in [2.75, 3.05) is 6.61 Å². The molecule has 4 rings (SSSR count). The zero-order valence-corrected chi connectivity index (χ0v) is 19.7. The molecule has 4 aromatic carbocycles. The Hall–Kier alpha value is -3.50. The molecule has 0 aliphatic carbocycles. The number of ether oxygens (including phenoxy) is 1. The zero-order valence-electron chi connectivity index (χ0n) is 19.7. The molecule has 0 saturated heterocycles. The molecule has 0 saturated carbocycles. The monoisotopic (exact) mass is 432 g/mol. The van der Waals surface area contributed by atoms with Gasteiger partial charge in [-0.2, -0.15) is 0 Å². The van der Waals surface area contributed by atoms with Crippen LogP contribution in [0.1, 0.15) is 56.2 Å². The molecule has 0 fully saturated rings. The van der Waals surface area contributed by atoms with Crippen molar-refractivity contribution < 1.29 is 4.74 Å². The van der Waals surface area contributed by atoms with E-state index >= 15 is 0 Å². The van der Waals surface area contributed by atoms with Crippen LogP contribution in [-0.4, -0.2) is 6.61 Å². The van der Waals surface area contributed by atoms with Gasteiger partial charge in [-0.15, -0.1) is 0 Å². The van der Waals surface area contributed by atoms with Crippen molar-refractivity contribution in [2.24, 2.45) is 0 Å². The fraction of sp³-hybridized carbons (Fsp3) is 0.250. The SMILES string of the molecule is CCCCCc1ccc(-c2ccc(C#Cc3ccc4cc(OCCC)ccc4c3)cc2)cc1. The van der Waals surface area contributed by atoms with Crippen LogP contribution >= 0.6 is 0 Å². The number of fused-ring (bicyclic) bond motifs is 1. The molecular weight excluding hydrogens is 400 g/mol. The largest absolute Gasteiger partial charge is 0.494 e. The Kier molecular flexibility index (Phi) is 7.83. The molecule has 0 bridgehead atoms. The van der Waals surface area contributed by atoms with Crippen molar-refractivity contribution >= 4 is 10.8 Å². The first-order valence-corrected chi connectivity index (χ1v) is 12.1. The third kappa shape index (κ3) is 6.27. The molecule has 33 heavy (non-hydrogen) atoms. The van der Waals surface area contributed by atoms with Crippen LogP contribution in [0.3, 0.4) is 0 Å². The molecule has 0 unspecified atom stereocenters. The van der Waals surface area contributed by atoms with Gasteiger partial charge in [0, 0.05) is 11.1 Å². The van der Waals surface area contributed by atoms with E-state index in [1.54, 1.807) is 0 Å².